The molecule has 0 heterocycles. The summed E-state index contributed by atoms with van der Waals surface area (Å²) < 4.78 is 9.40. The van der Waals surface area contributed by atoms with Crippen molar-refractivity contribution in [2.75, 3.05) is 7.11 Å². The number of ether oxygens (including phenoxy) is 2. The zero-order valence-electron chi connectivity index (χ0n) is 7.01. The number of hydrogen-bond donors (Lipinski definition) is 1. The van der Waals surface area contributed by atoms with Crippen molar-refractivity contribution < 1.29 is 14.3 Å². The normalized spacial score (nSPS) is 12.3. The second kappa shape index (κ2) is 4.85. The quantitative estimate of drug-likeness (QED) is 0.377. The number of esters is 1. The first-order valence-corrected chi connectivity index (χ1v) is 3.32. The Morgan fingerprint density at radius 1 is 1.64 bits per heavy atom. The molecule has 4 nitrogen and oxygen atoms in total. The van der Waals surface area contributed by atoms with Crippen molar-refractivity contribution in [1.29, 1.82) is 5.41 Å². The summed E-state index contributed by atoms with van der Waals surface area (Å²) in [7, 11) is 1.45. The maximum Gasteiger partial charge on any atom is 0.313 e. The number of carbonyl (C=O) groups excluding carboxylic acids is 1. The van der Waals surface area contributed by atoms with E-state index in [1.165, 1.54) is 7.11 Å². The molecule has 0 aliphatic carbocycles. The van der Waals surface area contributed by atoms with Gasteiger partial charge in [0, 0.05) is 12.8 Å². The maximum absolute atomic E-state index is 10.8. The SMILES string of the molecule is COC(C)OC(=O)CC(C)=N. The molecule has 0 saturated heterocycles. The topological polar surface area (TPSA) is 59.4 Å². The van der Waals surface area contributed by atoms with Crippen molar-refractivity contribution in [3.63, 3.8) is 0 Å². The Hall–Kier alpha value is -0.900. The molecular weight excluding hydrogens is 146 g/mol. The van der Waals surface area contributed by atoms with Crippen LogP contribution in [0.3, 0.4) is 0 Å². The molecule has 11 heavy (non-hydrogen) atoms. The van der Waals surface area contributed by atoms with E-state index in [0.29, 0.717) is 5.71 Å². The predicted octanol–water partition coefficient (Wildman–Crippen LogP) is 0.952. The van der Waals surface area contributed by atoms with Gasteiger partial charge in [0.25, 0.3) is 0 Å². The van der Waals surface area contributed by atoms with Gasteiger partial charge in [-0.1, -0.05) is 0 Å². The lowest BCUT2D eigenvalue weighted by molar-refractivity contribution is -0.168. The molecule has 0 aromatic rings. The number of nitrogens with one attached hydrogen (secondary N) is 1. The molecule has 0 bridgehead atoms. The van der Waals surface area contributed by atoms with E-state index in [9.17, 15) is 4.79 Å². The number of rotatable bonds is 4. The Kier molecular flexibility index (Phi) is 4.45. The maximum atomic E-state index is 10.8. The minimum Gasteiger partial charge on any atom is -0.436 e. The minimum atomic E-state index is -0.526. The van der Waals surface area contributed by atoms with E-state index in [1.807, 2.05) is 0 Å². The van der Waals surface area contributed by atoms with Gasteiger partial charge in [-0.25, -0.2) is 0 Å². The fourth-order valence-corrected chi connectivity index (χ4v) is 0.491. The monoisotopic (exact) mass is 159 g/mol. The molecule has 1 N–H and O–H groups in total. The molecule has 0 radical (unpaired) electrons. The zero-order valence-corrected chi connectivity index (χ0v) is 7.01. The molecule has 1 unspecified atom stereocenters. The van der Waals surface area contributed by atoms with Gasteiger partial charge < -0.3 is 14.9 Å². The van der Waals surface area contributed by atoms with E-state index in [1.54, 1.807) is 13.8 Å². The number of methoxy groups -OCH3 is 1. The van der Waals surface area contributed by atoms with Crippen LogP contribution in [0.1, 0.15) is 20.3 Å². The van der Waals surface area contributed by atoms with Crippen molar-refractivity contribution in [2.45, 2.75) is 26.6 Å². The third-order valence-corrected chi connectivity index (χ3v) is 1.04. The van der Waals surface area contributed by atoms with Gasteiger partial charge in [0.15, 0.2) is 6.29 Å². The van der Waals surface area contributed by atoms with Crippen molar-refractivity contribution in [3.05, 3.63) is 0 Å². The summed E-state index contributed by atoms with van der Waals surface area (Å²) in [5.74, 6) is -0.424. The van der Waals surface area contributed by atoms with Crippen molar-refractivity contribution in [1.82, 2.24) is 0 Å². The standard InChI is InChI=1S/C7H13NO3/c1-5(8)4-7(9)11-6(2)10-3/h6,8H,4H2,1-3H3. The van der Waals surface area contributed by atoms with Crippen molar-refractivity contribution in [2.24, 2.45) is 0 Å². The highest BCUT2D eigenvalue weighted by Gasteiger charge is 2.07. The molecule has 0 amide bonds. The summed E-state index contributed by atoms with van der Waals surface area (Å²) in [6.07, 6.45) is -0.491. The van der Waals surface area contributed by atoms with E-state index >= 15 is 0 Å². The molecule has 0 fully saturated rings. The summed E-state index contributed by atoms with van der Waals surface area (Å²) in [6, 6.07) is 0. The first kappa shape index (κ1) is 10.1. The van der Waals surface area contributed by atoms with E-state index in [-0.39, 0.29) is 6.42 Å². The molecule has 0 saturated carbocycles. The Morgan fingerprint density at radius 3 is 2.55 bits per heavy atom. The molecule has 0 aromatic carbocycles. The zero-order chi connectivity index (χ0) is 8.85. The Bertz CT molecular complexity index is 156. The predicted molar refractivity (Wildman–Crippen MR) is 40.6 cm³/mol. The minimum absolute atomic E-state index is 0.0354. The lowest BCUT2D eigenvalue weighted by Crippen LogP contribution is -2.17. The van der Waals surface area contributed by atoms with Gasteiger partial charge in [-0.3, -0.25) is 4.79 Å². The Labute approximate surface area is 66.0 Å². The van der Waals surface area contributed by atoms with E-state index in [4.69, 9.17) is 10.1 Å². The van der Waals surface area contributed by atoms with Crippen LogP contribution in [0.2, 0.25) is 0 Å². The fourth-order valence-electron chi connectivity index (χ4n) is 0.491. The average Bonchev–Trinajstić information content (AvgIpc) is 1.85. The summed E-state index contributed by atoms with van der Waals surface area (Å²) in [4.78, 5) is 10.8. The molecule has 64 valence electrons. The van der Waals surface area contributed by atoms with Crippen LogP contribution in [0.25, 0.3) is 0 Å². The smallest absolute Gasteiger partial charge is 0.313 e. The second-order valence-corrected chi connectivity index (χ2v) is 2.25. The highest BCUT2D eigenvalue weighted by molar-refractivity contribution is 5.95. The van der Waals surface area contributed by atoms with Gasteiger partial charge in [0.2, 0.25) is 0 Å². The highest BCUT2D eigenvalue weighted by Crippen LogP contribution is 1.95. The van der Waals surface area contributed by atoms with Gasteiger partial charge in [-0.05, 0) is 13.8 Å². The van der Waals surface area contributed by atoms with Crippen molar-refractivity contribution >= 4 is 11.7 Å². The third-order valence-electron chi connectivity index (χ3n) is 1.04. The van der Waals surface area contributed by atoms with E-state index in [2.05, 4.69) is 4.74 Å². The molecule has 0 rings (SSSR count). The molecular formula is C7H13NO3. The first-order chi connectivity index (χ1) is 5.06. The summed E-state index contributed by atoms with van der Waals surface area (Å²) in [5, 5.41) is 6.98. The van der Waals surface area contributed by atoms with Crippen LogP contribution in [0, 0.1) is 5.41 Å². The number of carbonyl (C=O) groups is 1. The van der Waals surface area contributed by atoms with Gasteiger partial charge in [0.1, 0.15) is 0 Å². The lowest BCUT2D eigenvalue weighted by atomic mass is 10.3. The first-order valence-electron chi connectivity index (χ1n) is 3.32. The summed E-state index contributed by atoms with van der Waals surface area (Å²) >= 11 is 0. The highest BCUT2D eigenvalue weighted by atomic mass is 16.7. The molecule has 4 heteroatoms. The van der Waals surface area contributed by atoms with Crippen LogP contribution in [0.5, 0.6) is 0 Å². The molecule has 0 aliphatic heterocycles. The van der Waals surface area contributed by atoms with E-state index in [0.717, 1.165) is 0 Å². The van der Waals surface area contributed by atoms with Crippen LogP contribution in [0.15, 0.2) is 0 Å². The Morgan fingerprint density at radius 2 is 2.18 bits per heavy atom. The molecule has 1 atom stereocenters. The second-order valence-electron chi connectivity index (χ2n) is 2.25. The Balaban J connectivity index is 3.60. The van der Waals surface area contributed by atoms with Crippen LogP contribution >= 0.6 is 0 Å². The summed E-state index contributed by atoms with van der Waals surface area (Å²) in [6.45, 7) is 3.18. The molecule has 0 aromatic heterocycles. The molecule has 0 spiro atoms. The lowest BCUT2D eigenvalue weighted by Gasteiger charge is -2.09. The van der Waals surface area contributed by atoms with E-state index < -0.39 is 12.3 Å². The van der Waals surface area contributed by atoms with Gasteiger partial charge in [-0.2, -0.15) is 0 Å². The van der Waals surface area contributed by atoms with Crippen molar-refractivity contribution in [3.8, 4) is 0 Å². The fraction of sp³-hybridized carbons (Fsp3) is 0.714. The largest absolute Gasteiger partial charge is 0.436 e. The van der Waals surface area contributed by atoms with Crippen LogP contribution in [0.4, 0.5) is 0 Å². The summed E-state index contributed by atoms with van der Waals surface area (Å²) in [5.41, 5.74) is 0.290. The number of hydrogen-bond acceptors (Lipinski definition) is 4. The van der Waals surface area contributed by atoms with Gasteiger partial charge in [0.05, 0.1) is 6.42 Å². The van der Waals surface area contributed by atoms with Crippen LogP contribution in [-0.2, 0) is 14.3 Å². The average molecular weight is 159 g/mol. The third kappa shape index (κ3) is 5.54. The molecule has 0 aliphatic rings. The van der Waals surface area contributed by atoms with Crippen LogP contribution < -0.4 is 0 Å². The van der Waals surface area contributed by atoms with Gasteiger partial charge in [-0.15, -0.1) is 0 Å². The van der Waals surface area contributed by atoms with Crippen LogP contribution in [-0.4, -0.2) is 25.1 Å². The van der Waals surface area contributed by atoms with Gasteiger partial charge >= 0.3 is 5.97 Å².